The van der Waals surface area contributed by atoms with Crippen molar-refractivity contribution in [2.75, 3.05) is 26.1 Å². The van der Waals surface area contributed by atoms with Crippen LogP contribution in [0.4, 0.5) is 5.82 Å². The zero-order valence-electron chi connectivity index (χ0n) is 14.7. The molecule has 1 N–H and O–H groups in total. The third kappa shape index (κ3) is 2.52. The van der Waals surface area contributed by atoms with Crippen LogP contribution >= 0.6 is 0 Å². The number of anilines is 1. The zero-order chi connectivity index (χ0) is 17.4. The fraction of sp³-hybridized carbons (Fsp3) is 0.250. The van der Waals surface area contributed by atoms with E-state index >= 15 is 0 Å². The number of ether oxygens (including phenoxy) is 2. The van der Waals surface area contributed by atoms with E-state index in [2.05, 4.69) is 36.5 Å². The first-order valence-electron chi connectivity index (χ1n) is 8.37. The van der Waals surface area contributed by atoms with Crippen molar-refractivity contribution in [3.05, 3.63) is 53.6 Å². The summed E-state index contributed by atoms with van der Waals surface area (Å²) in [4.78, 5) is 0. The molecule has 1 aliphatic heterocycles. The molecule has 2 aromatic carbocycles. The van der Waals surface area contributed by atoms with Crippen LogP contribution in [0.5, 0.6) is 11.5 Å². The molecule has 1 aliphatic rings. The predicted molar refractivity (Wildman–Crippen MR) is 99.0 cm³/mol. The number of hydrogen-bond acceptors (Lipinski definition) is 4. The van der Waals surface area contributed by atoms with Gasteiger partial charge < -0.3 is 14.8 Å². The lowest BCUT2D eigenvalue weighted by atomic mass is 10.0. The van der Waals surface area contributed by atoms with Gasteiger partial charge in [0.2, 0.25) is 0 Å². The summed E-state index contributed by atoms with van der Waals surface area (Å²) in [5.41, 5.74) is 5.26. The normalized spacial score (nSPS) is 12.6. The standard InChI is InChI=1S/C20H21N3O2/c1-13-6-4-7-14(12-13)23-20-15(10-11-21-20)19(22-23)18-16(24-2)8-5-9-17(18)25-3/h4-9,12,21H,10-11H2,1-3H3. The van der Waals surface area contributed by atoms with Crippen LogP contribution in [0.2, 0.25) is 0 Å². The number of rotatable bonds is 4. The number of aryl methyl sites for hydroxylation is 1. The average molecular weight is 335 g/mol. The summed E-state index contributed by atoms with van der Waals surface area (Å²) in [5, 5.41) is 8.40. The van der Waals surface area contributed by atoms with Crippen LogP contribution in [0, 0.1) is 6.92 Å². The lowest BCUT2D eigenvalue weighted by Crippen LogP contribution is -2.04. The van der Waals surface area contributed by atoms with Crippen molar-refractivity contribution >= 4 is 5.82 Å². The Morgan fingerprint density at radius 2 is 1.76 bits per heavy atom. The second-order valence-electron chi connectivity index (χ2n) is 6.14. The van der Waals surface area contributed by atoms with E-state index in [1.165, 1.54) is 11.1 Å². The van der Waals surface area contributed by atoms with Crippen molar-refractivity contribution in [3.63, 3.8) is 0 Å². The molecule has 0 saturated carbocycles. The first-order valence-corrected chi connectivity index (χ1v) is 8.37. The van der Waals surface area contributed by atoms with Crippen LogP contribution in [0.15, 0.2) is 42.5 Å². The Hall–Kier alpha value is -2.95. The molecule has 4 rings (SSSR count). The highest BCUT2D eigenvalue weighted by molar-refractivity contribution is 5.81. The Bertz CT molecular complexity index is 908. The van der Waals surface area contributed by atoms with Crippen molar-refractivity contribution in [3.8, 4) is 28.4 Å². The smallest absolute Gasteiger partial charge is 0.133 e. The van der Waals surface area contributed by atoms with Gasteiger partial charge in [-0.05, 0) is 43.2 Å². The predicted octanol–water partition coefficient (Wildman–Crippen LogP) is 3.83. The third-order valence-corrected chi connectivity index (χ3v) is 4.56. The maximum Gasteiger partial charge on any atom is 0.133 e. The summed E-state index contributed by atoms with van der Waals surface area (Å²) in [6.45, 7) is 2.99. The fourth-order valence-corrected chi connectivity index (χ4v) is 3.41. The van der Waals surface area contributed by atoms with Crippen LogP contribution in [0.25, 0.3) is 16.9 Å². The van der Waals surface area contributed by atoms with Crippen LogP contribution in [-0.4, -0.2) is 30.5 Å². The number of nitrogens with one attached hydrogen (secondary N) is 1. The highest BCUT2D eigenvalue weighted by Gasteiger charge is 2.27. The van der Waals surface area contributed by atoms with Gasteiger partial charge in [-0.15, -0.1) is 0 Å². The minimum Gasteiger partial charge on any atom is -0.496 e. The topological polar surface area (TPSA) is 48.3 Å². The molecule has 5 nitrogen and oxygen atoms in total. The van der Waals surface area contributed by atoms with Gasteiger partial charge in [-0.3, -0.25) is 0 Å². The van der Waals surface area contributed by atoms with Gasteiger partial charge in [0.05, 0.1) is 25.5 Å². The van der Waals surface area contributed by atoms with E-state index in [4.69, 9.17) is 14.6 Å². The molecule has 0 bridgehead atoms. The molecule has 0 unspecified atom stereocenters. The Kier molecular flexibility index (Phi) is 3.84. The number of hydrogen-bond donors (Lipinski definition) is 1. The van der Waals surface area contributed by atoms with Crippen molar-refractivity contribution in [2.24, 2.45) is 0 Å². The van der Waals surface area contributed by atoms with E-state index in [1.807, 2.05) is 22.9 Å². The summed E-state index contributed by atoms with van der Waals surface area (Å²) in [5.74, 6) is 2.58. The molecule has 0 atom stereocenters. The van der Waals surface area contributed by atoms with Gasteiger partial charge in [-0.1, -0.05) is 18.2 Å². The molecule has 0 spiro atoms. The second-order valence-corrected chi connectivity index (χ2v) is 6.14. The van der Waals surface area contributed by atoms with Gasteiger partial charge in [0.25, 0.3) is 0 Å². The lowest BCUT2D eigenvalue weighted by Gasteiger charge is -2.12. The SMILES string of the molecule is COc1cccc(OC)c1-c1nn(-c2cccc(C)c2)c2c1CCN2. The van der Waals surface area contributed by atoms with E-state index in [0.717, 1.165) is 47.2 Å². The lowest BCUT2D eigenvalue weighted by molar-refractivity contribution is 0.397. The summed E-state index contributed by atoms with van der Waals surface area (Å²) in [6.07, 6.45) is 0.928. The Morgan fingerprint density at radius 1 is 1.04 bits per heavy atom. The maximum absolute atomic E-state index is 5.59. The number of benzene rings is 2. The molecule has 0 aliphatic carbocycles. The minimum atomic E-state index is 0.767. The number of nitrogens with zero attached hydrogens (tertiary/aromatic N) is 2. The summed E-state index contributed by atoms with van der Waals surface area (Å²) in [7, 11) is 3.35. The van der Waals surface area contributed by atoms with E-state index in [9.17, 15) is 0 Å². The van der Waals surface area contributed by atoms with Gasteiger partial charge in [0.1, 0.15) is 23.0 Å². The summed E-state index contributed by atoms with van der Waals surface area (Å²) in [6, 6.07) is 14.2. The molecule has 0 saturated heterocycles. The van der Waals surface area contributed by atoms with Crippen molar-refractivity contribution < 1.29 is 9.47 Å². The molecule has 2 heterocycles. The molecular weight excluding hydrogens is 314 g/mol. The number of fused-ring (bicyclic) bond motifs is 1. The summed E-state index contributed by atoms with van der Waals surface area (Å²) >= 11 is 0. The van der Waals surface area contributed by atoms with Crippen LogP contribution in [-0.2, 0) is 6.42 Å². The third-order valence-electron chi connectivity index (χ3n) is 4.56. The first kappa shape index (κ1) is 15.6. The Balaban J connectivity index is 1.96. The Morgan fingerprint density at radius 3 is 2.44 bits per heavy atom. The van der Waals surface area contributed by atoms with Crippen molar-refractivity contribution in [1.82, 2.24) is 9.78 Å². The van der Waals surface area contributed by atoms with E-state index in [0.29, 0.717) is 0 Å². The molecule has 1 aromatic heterocycles. The van der Waals surface area contributed by atoms with E-state index in [-0.39, 0.29) is 0 Å². The molecule has 0 radical (unpaired) electrons. The van der Waals surface area contributed by atoms with Crippen molar-refractivity contribution in [1.29, 1.82) is 0 Å². The number of methoxy groups -OCH3 is 2. The quantitative estimate of drug-likeness (QED) is 0.787. The summed E-state index contributed by atoms with van der Waals surface area (Å²) < 4.78 is 13.2. The molecule has 5 heteroatoms. The van der Waals surface area contributed by atoms with Crippen LogP contribution < -0.4 is 14.8 Å². The van der Waals surface area contributed by atoms with Gasteiger partial charge >= 0.3 is 0 Å². The molecular formula is C20H21N3O2. The van der Waals surface area contributed by atoms with Crippen LogP contribution in [0.3, 0.4) is 0 Å². The maximum atomic E-state index is 5.59. The van der Waals surface area contributed by atoms with Crippen LogP contribution in [0.1, 0.15) is 11.1 Å². The minimum absolute atomic E-state index is 0.767. The average Bonchev–Trinajstić information content (AvgIpc) is 3.23. The highest BCUT2D eigenvalue weighted by atomic mass is 16.5. The van der Waals surface area contributed by atoms with Gasteiger partial charge in [-0.25, -0.2) is 4.68 Å². The molecule has 25 heavy (non-hydrogen) atoms. The molecule has 0 amide bonds. The fourth-order valence-electron chi connectivity index (χ4n) is 3.41. The van der Waals surface area contributed by atoms with E-state index in [1.54, 1.807) is 14.2 Å². The van der Waals surface area contributed by atoms with Gasteiger partial charge in [0, 0.05) is 12.1 Å². The largest absolute Gasteiger partial charge is 0.496 e. The second kappa shape index (κ2) is 6.16. The zero-order valence-corrected chi connectivity index (χ0v) is 14.7. The van der Waals surface area contributed by atoms with E-state index < -0.39 is 0 Å². The molecule has 0 fully saturated rings. The van der Waals surface area contributed by atoms with Gasteiger partial charge in [0.15, 0.2) is 0 Å². The molecule has 128 valence electrons. The first-order chi connectivity index (χ1) is 12.2. The highest BCUT2D eigenvalue weighted by Crippen LogP contribution is 2.43. The monoisotopic (exact) mass is 335 g/mol. The van der Waals surface area contributed by atoms with Crippen molar-refractivity contribution in [2.45, 2.75) is 13.3 Å². The van der Waals surface area contributed by atoms with Gasteiger partial charge in [-0.2, -0.15) is 5.10 Å². The molecule has 3 aromatic rings. The number of aromatic nitrogens is 2. The Labute approximate surface area is 147 Å².